The number of amides is 1. The van der Waals surface area contributed by atoms with Gasteiger partial charge in [-0.15, -0.1) is 11.8 Å². The first kappa shape index (κ1) is 14.5. The number of para-hydroxylation sites is 1. The van der Waals surface area contributed by atoms with Gasteiger partial charge in [-0.3, -0.25) is 4.79 Å². The quantitative estimate of drug-likeness (QED) is 0.755. The van der Waals surface area contributed by atoms with Gasteiger partial charge in [0.15, 0.2) is 11.5 Å². The second kappa shape index (κ2) is 6.58. The zero-order chi connectivity index (χ0) is 14.7. The minimum absolute atomic E-state index is 0.00998. The van der Waals surface area contributed by atoms with Crippen LogP contribution in [-0.2, 0) is 9.53 Å². The molecule has 1 aromatic carbocycles. The SMILES string of the molecule is CCOCCCN1C(=O)CSC1c1cccc2c1OCO2. The Morgan fingerprint density at radius 3 is 3.19 bits per heavy atom. The fourth-order valence-electron chi connectivity index (χ4n) is 2.58. The molecule has 5 nitrogen and oxygen atoms in total. The van der Waals surface area contributed by atoms with Crippen molar-refractivity contribution in [1.82, 2.24) is 4.90 Å². The van der Waals surface area contributed by atoms with Crippen LogP contribution in [0.4, 0.5) is 0 Å². The van der Waals surface area contributed by atoms with E-state index in [4.69, 9.17) is 14.2 Å². The van der Waals surface area contributed by atoms with Crippen molar-refractivity contribution in [3.05, 3.63) is 23.8 Å². The highest BCUT2D eigenvalue weighted by molar-refractivity contribution is 8.00. The smallest absolute Gasteiger partial charge is 0.233 e. The molecule has 1 unspecified atom stereocenters. The Morgan fingerprint density at radius 2 is 2.33 bits per heavy atom. The first-order chi connectivity index (χ1) is 10.3. The van der Waals surface area contributed by atoms with Crippen molar-refractivity contribution in [2.45, 2.75) is 18.7 Å². The summed E-state index contributed by atoms with van der Waals surface area (Å²) in [4.78, 5) is 14.0. The number of nitrogens with zero attached hydrogens (tertiary/aromatic N) is 1. The van der Waals surface area contributed by atoms with Gasteiger partial charge in [0.05, 0.1) is 5.75 Å². The molecule has 0 N–H and O–H groups in total. The maximum absolute atomic E-state index is 12.1. The number of carbonyl (C=O) groups excluding carboxylic acids is 1. The average Bonchev–Trinajstić information content (AvgIpc) is 3.10. The highest BCUT2D eigenvalue weighted by Crippen LogP contribution is 2.46. The molecule has 1 fully saturated rings. The molecular formula is C15H19NO4S. The Morgan fingerprint density at radius 1 is 1.43 bits per heavy atom. The number of hydrogen-bond donors (Lipinski definition) is 0. The predicted molar refractivity (Wildman–Crippen MR) is 80.6 cm³/mol. The third-order valence-electron chi connectivity index (χ3n) is 3.55. The molecule has 1 amide bonds. The van der Waals surface area contributed by atoms with Crippen LogP contribution in [0.25, 0.3) is 0 Å². The van der Waals surface area contributed by atoms with Crippen molar-refractivity contribution in [3.8, 4) is 11.5 Å². The Balaban J connectivity index is 1.74. The monoisotopic (exact) mass is 309 g/mol. The van der Waals surface area contributed by atoms with Crippen LogP contribution in [0.15, 0.2) is 18.2 Å². The Hall–Kier alpha value is -1.40. The number of benzene rings is 1. The molecule has 2 heterocycles. The number of rotatable bonds is 6. The first-order valence-electron chi connectivity index (χ1n) is 7.18. The average molecular weight is 309 g/mol. The number of fused-ring (bicyclic) bond motifs is 1. The Bertz CT molecular complexity index is 522. The van der Waals surface area contributed by atoms with E-state index in [9.17, 15) is 4.79 Å². The van der Waals surface area contributed by atoms with E-state index in [0.29, 0.717) is 25.5 Å². The molecule has 1 saturated heterocycles. The van der Waals surface area contributed by atoms with E-state index >= 15 is 0 Å². The molecular weight excluding hydrogens is 290 g/mol. The lowest BCUT2D eigenvalue weighted by Gasteiger charge is -2.24. The van der Waals surface area contributed by atoms with Crippen molar-refractivity contribution in [2.75, 3.05) is 32.3 Å². The van der Waals surface area contributed by atoms with E-state index in [0.717, 1.165) is 23.5 Å². The normalized spacial score (nSPS) is 20.3. The van der Waals surface area contributed by atoms with E-state index in [1.807, 2.05) is 30.0 Å². The summed E-state index contributed by atoms with van der Waals surface area (Å²) in [5, 5.41) is 0.00998. The van der Waals surface area contributed by atoms with Gasteiger partial charge in [-0.2, -0.15) is 0 Å². The molecule has 3 rings (SSSR count). The van der Waals surface area contributed by atoms with E-state index < -0.39 is 0 Å². The van der Waals surface area contributed by atoms with Crippen LogP contribution in [0.5, 0.6) is 11.5 Å². The van der Waals surface area contributed by atoms with Gasteiger partial charge in [-0.25, -0.2) is 0 Å². The molecule has 0 bridgehead atoms. The summed E-state index contributed by atoms with van der Waals surface area (Å²) in [5.74, 6) is 2.24. The van der Waals surface area contributed by atoms with E-state index in [1.54, 1.807) is 11.8 Å². The van der Waals surface area contributed by atoms with Crippen molar-refractivity contribution < 1.29 is 19.0 Å². The van der Waals surface area contributed by atoms with Crippen LogP contribution in [-0.4, -0.2) is 43.1 Å². The summed E-state index contributed by atoms with van der Waals surface area (Å²) < 4.78 is 16.3. The molecule has 0 spiro atoms. The fraction of sp³-hybridized carbons (Fsp3) is 0.533. The second-order valence-electron chi connectivity index (χ2n) is 4.88. The third kappa shape index (κ3) is 2.96. The lowest BCUT2D eigenvalue weighted by Crippen LogP contribution is -2.30. The molecule has 6 heteroatoms. The largest absolute Gasteiger partial charge is 0.454 e. The zero-order valence-electron chi connectivity index (χ0n) is 12.0. The molecule has 0 radical (unpaired) electrons. The van der Waals surface area contributed by atoms with Crippen molar-refractivity contribution in [2.24, 2.45) is 0 Å². The molecule has 1 atom stereocenters. The fourth-order valence-corrected chi connectivity index (χ4v) is 3.82. The van der Waals surface area contributed by atoms with Crippen molar-refractivity contribution >= 4 is 17.7 Å². The Kier molecular flexibility index (Phi) is 4.55. The molecule has 2 aliphatic heterocycles. The summed E-state index contributed by atoms with van der Waals surface area (Å²) in [7, 11) is 0. The van der Waals surface area contributed by atoms with E-state index in [-0.39, 0.29) is 18.1 Å². The van der Waals surface area contributed by atoms with Gasteiger partial charge in [0.25, 0.3) is 0 Å². The highest BCUT2D eigenvalue weighted by atomic mass is 32.2. The van der Waals surface area contributed by atoms with Crippen LogP contribution in [0.1, 0.15) is 24.3 Å². The number of hydrogen-bond acceptors (Lipinski definition) is 5. The van der Waals surface area contributed by atoms with Crippen molar-refractivity contribution in [3.63, 3.8) is 0 Å². The number of ether oxygens (including phenoxy) is 3. The molecule has 0 aromatic heterocycles. The number of carbonyl (C=O) groups is 1. The first-order valence-corrected chi connectivity index (χ1v) is 8.23. The van der Waals surface area contributed by atoms with Gasteiger partial charge < -0.3 is 19.1 Å². The zero-order valence-corrected chi connectivity index (χ0v) is 12.9. The predicted octanol–water partition coefficient (Wildman–Crippen LogP) is 2.42. The Labute approximate surface area is 128 Å². The van der Waals surface area contributed by atoms with Gasteiger partial charge >= 0.3 is 0 Å². The molecule has 1 aromatic rings. The van der Waals surface area contributed by atoms with Crippen molar-refractivity contribution in [1.29, 1.82) is 0 Å². The van der Waals surface area contributed by atoms with Gasteiger partial charge in [-0.1, -0.05) is 12.1 Å². The highest BCUT2D eigenvalue weighted by Gasteiger charge is 2.35. The standard InChI is InChI=1S/C15H19NO4S/c1-2-18-8-4-7-16-13(17)9-21-15(16)11-5-3-6-12-14(11)20-10-19-12/h3,5-6,15H,2,4,7-10H2,1H3. The van der Waals surface area contributed by atoms with Crippen LogP contribution in [0.3, 0.4) is 0 Å². The van der Waals surface area contributed by atoms with Crippen LogP contribution >= 0.6 is 11.8 Å². The topological polar surface area (TPSA) is 48.0 Å². The van der Waals surface area contributed by atoms with Crippen LogP contribution < -0.4 is 9.47 Å². The van der Waals surface area contributed by atoms with Gasteiger partial charge in [0, 0.05) is 25.3 Å². The maximum atomic E-state index is 12.1. The molecule has 2 aliphatic rings. The third-order valence-corrected chi connectivity index (χ3v) is 4.79. The minimum atomic E-state index is 0.00998. The molecule has 0 aliphatic carbocycles. The van der Waals surface area contributed by atoms with E-state index in [2.05, 4.69) is 0 Å². The summed E-state index contributed by atoms with van der Waals surface area (Å²) in [6.07, 6.45) is 0.850. The van der Waals surface area contributed by atoms with E-state index in [1.165, 1.54) is 0 Å². The molecule has 114 valence electrons. The van der Waals surface area contributed by atoms with Gasteiger partial charge in [0.2, 0.25) is 12.7 Å². The summed E-state index contributed by atoms with van der Waals surface area (Å²) in [6, 6.07) is 5.86. The summed E-state index contributed by atoms with van der Waals surface area (Å²) in [6.45, 7) is 4.33. The summed E-state index contributed by atoms with van der Waals surface area (Å²) >= 11 is 1.64. The van der Waals surface area contributed by atoms with Gasteiger partial charge in [-0.05, 0) is 19.4 Å². The van der Waals surface area contributed by atoms with Crippen LogP contribution in [0.2, 0.25) is 0 Å². The number of thioether (sulfide) groups is 1. The minimum Gasteiger partial charge on any atom is -0.454 e. The van der Waals surface area contributed by atoms with Gasteiger partial charge in [0.1, 0.15) is 5.37 Å². The summed E-state index contributed by atoms with van der Waals surface area (Å²) in [5.41, 5.74) is 1.03. The van der Waals surface area contributed by atoms with Crippen LogP contribution in [0, 0.1) is 0 Å². The lowest BCUT2D eigenvalue weighted by molar-refractivity contribution is -0.128. The lowest BCUT2D eigenvalue weighted by atomic mass is 10.1. The molecule has 0 saturated carbocycles. The maximum Gasteiger partial charge on any atom is 0.233 e. The molecule has 21 heavy (non-hydrogen) atoms. The second-order valence-corrected chi connectivity index (χ2v) is 5.95.